The first-order chi connectivity index (χ1) is 11.6. The summed E-state index contributed by atoms with van der Waals surface area (Å²) < 4.78 is 0. The summed E-state index contributed by atoms with van der Waals surface area (Å²) in [5.74, 6) is 6.17. The molecular weight excluding hydrogens is 296 g/mol. The van der Waals surface area contributed by atoms with Gasteiger partial charge in [-0.3, -0.25) is 5.10 Å². The molecule has 122 valence electrons. The first-order valence-electron chi connectivity index (χ1n) is 8.08. The Hall–Kier alpha value is -2.64. The standard InChI is InChI=1S/C20H22N4/c1-4-5-7-20(3,13-21)16-10-14(2)9-15(11-16)17-6-8-22-19-18(17)12-23-24-19/h6,8-12H,7,13,21H2,1-3H3,(H,22,23,24). The molecule has 0 bridgehead atoms. The van der Waals surface area contributed by atoms with Gasteiger partial charge < -0.3 is 5.73 Å². The highest BCUT2D eigenvalue weighted by Crippen LogP contribution is 2.33. The second-order valence-electron chi connectivity index (χ2n) is 6.45. The van der Waals surface area contributed by atoms with Crippen molar-refractivity contribution in [2.75, 3.05) is 6.54 Å². The molecule has 3 rings (SSSR count). The SMILES string of the molecule is CC#CCC(C)(CN)c1cc(C)cc(-c2ccnc3[nH]ncc23)c1. The minimum atomic E-state index is -0.160. The number of hydrogen-bond donors (Lipinski definition) is 2. The molecule has 0 aliphatic heterocycles. The topological polar surface area (TPSA) is 67.6 Å². The van der Waals surface area contributed by atoms with E-state index in [1.165, 1.54) is 11.1 Å². The first-order valence-corrected chi connectivity index (χ1v) is 8.08. The highest BCUT2D eigenvalue weighted by molar-refractivity contribution is 5.92. The molecule has 0 radical (unpaired) electrons. The molecule has 4 nitrogen and oxygen atoms in total. The van der Waals surface area contributed by atoms with Crippen LogP contribution in [0, 0.1) is 18.8 Å². The maximum Gasteiger partial charge on any atom is 0.155 e. The maximum atomic E-state index is 6.10. The average molecular weight is 318 g/mol. The summed E-state index contributed by atoms with van der Waals surface area (Å²) in [6, 6.07) is 8.65. The predicted molar refractivity (Wildman–Crippen MR) is 98.5 cm³/mol. The number of nitrogens with one attached hydrogen (secondary N) is 1. The lowest BCUT2D eigenvalue weighted by molar-refractivity contribution is 0.498. The van der Waals surface area contributed by atoms with Crippen LogP contribution in [0.15, 0.2) is 36.7 Å². The number of aromatic nitrogens is 3. The van der Waals surface area contributed by atoms with Gasteiger partial charge in [0.1, 0.15) is 0 Å². The molecule has 0 saturated heterocycles. The summed E-state index contributed by atoms with van der Waals surface area (Å²) in [4.78, 5) is 4.32. The van der Waals surface area contributed by atoms with Crippen LogP contribution in [-0.2, 0) is 5.41 Å². The van der Waals surface area contributed by atoms with Gasteiger partial charge in [0.15, 0.2) is 5.65 Å². The van der Waals surface area contributed by atoms with Crippen molar-refractivity contribution in [1.82, 2.24) is 15.2 Å². The molecule has 0 aliphatic carbocycles. The van der Waals surface area contributed by atoms with Crippen LogP contribution in [0.1, 0.15) is 31.4 Å². The molecule has 0 saturated carbocycles. The Kier molecular flexibility index (Phi) is 4.37. The van der Waals surface area contributed by atoms with Crippen molar-refractivity contribution in [3.63, 3.8) is 0 Å². The average Bonchev–Trinajstić information content (AvgIpc) is 3.07. The second-order valence-corrected chi connectivity index (χ2v) is 6.45. The highest BCUT2D eigenvalue weighted by atomic mass is 15.1. The molecule has 0 spiro atoms. The summed E-state index contributed by atoms with van der Waals surface area (Å²) in [5, 5.41) is 8.07. The van der Waals surface area contributed by atoms with Gasteiger partial charge in [0.2, 0.25) is 0 Å². The van der Waals surface area contributed by atoms with Crippen LogP contribution < -0.4 is 5.73 Å². The van der Waals surface area contributed by atoms with Crippen molar-refractivity contribution in [2.24, 2.45) is 5.73 Å². The number of hydrogen-bond acceptors (Lipinski definition) is 3. The van der Waals surface area contributed by atoms with E-state index in [9.17, 15) is 0 Å². The lowest BCUT2D eigenvalue weighted by Gasteiger charge is -2.27. The van der Waals surface area contributed by atoms with Crippen LogP contribution in [0.4, 0.5) is 0 Å². The van der Waals surface area contributed by atoms with Crippen molar-refractivity contribution in [2.45, 2.75) is 32.6 Å². The minimum Gasteiger partial charge on any atom is -0.330 e. The van der Waals surface area contributed by atoms with Crippen LogP contribution in [-0.4, -0.2) is 21.7 Å². The molecule has 24 heavy (non-hydrogen) atoms. The molecule has 4 heteroatoms. The zero-order valence-corrected chi connectivity index (χ0v) is 14.4. The van der Waals surface area contributed by atoms with E-state index in [1.54, 1.807) is 0 Å². The zero-order valence-electron chi connectivity index (χ0n) is 14.4. The number of rotatable bonds is 4. The summed E-state index contributed by atoms with van der Waals surface area (Å²) in [7, 11) is 0. The van der Waals surface area contributed by atoms with Gasteiger partial charge >= 0.3 is 0 Å². The van der Waals surface area contributed by atoms with E-state index < -0.39 is 0 Å². The number of nitrogens with zero attached hydrogens (tertiary/aromatic N) is 2. The lowest BCUT2D eigenvalue weighted by atomic mass is 9.78. The fraction of sp³-hybridized carbons (Fsp3) is 0.300. The van der Waals surface area contributed by atoms with E-state index in [-0.39, 0.29) is 5.41 Å². The van der Waals surface area contributed by atoms with Crippen LogP contribution in [0.25, 0.3) is 22.2 Å². The van der Waals surface area contributed by atoms with Gasteiger partial charge in [0.05, 0.1) is 6.20 Å². The molecule has 2 heterocycles. The van der Waals surface area contributed by atoms with Crippen molar-refractivity contribution >= 4 is 11.0 Å². The number of pyridine rings is 1. The zero-order chi connectivity index (χ0) is 17.2. The van der Waals surface area contributed by atoms with Gasteiger partial charge in [0, 0.05) is 30.0 Å². The van der Waals surface area contributed by atoms with E-state index in [2.05, 4.69) is 59.1 Å². The normalized spacial score (nSPS) is 13.3. The van der Waals surface area contributed by atoms with Crippen LogP contribution >= 0.6 is 0 Å². The Balaban J connectivity index is 2.15. The van der Waals surface area contributed by atoms with Gasteiger partial charge in [0.25, 0.3) is 0 Å². The number of aromatic amines is 1. The van der Waals surface area contributed by atoms with E-state index >= 15 is 0 Å². The van der Waals surface area contributed by atoms with Gasteiger partial charge in [-0.1, -0.05) is 30.7 Å². The fourth-order valence-electron chi connectivity index (χ4n) is 2.97. The summed E-state index contributed by atoms with van der Waals surface area (Å²) in [5.41, 5.74) is 11.4. The Bertz CT molecular complexity index is 929. The molecular formula is C20H22N4. The van der Waals surface area contributed by atoms with Crippen LogP contribution in [0.5, 0.6) is 0 Å². The monoisotopic (exact) mass is 318 g/mol. The fourth-order valence-corrected chi connectivity index (χ4v) is 2.97. The summed E-state index contributed by atoms with van der Waals surface area (Å²) in [6.07, 6.45) is 4.38. The number of benzene rings is 1. The van der Waals surface area contributed by atoms with Gasteiger partial charge in [-0.15, -0.1) is 11.8 Å². The third-order valence-corrected chi connectivity index (χ3v) is 4.55. The number of fused-ring (bicyclic) bond motifs is 1. The molecule has 0 amide bonds. The molecule has 1 atom stereocenters. The van der Waals surface area contributed by atoms with E-state index in [0.29, 0.717) is 6.54 Å². The van der Waals surface area contributed by atoms with Crippen LogP contribution in [0.2, 0.25) is 0 Å². The molecule has 1 unspecified atom stereocenters. The summed E-state index contributed by atoms with van der Waals surface area (Å²) >= 11 is 0. The van der Waals surface area contributed by atoms with Gasteiger partial charge in [-0.05, 0) is 36.6 Å². The smallest absolute Gasteiger partial charge is 0.155 e. The highest BCUT2D eigenvalue weighted by Gasteiger charge is 2.25. The molecule has 2 aromatic heterocycles. The number of H-pyrrole nitrogens is 1. The number of nitrogens with two attached hydrogens (primary N) is 1. The van der Waals surface area contributed by atoms with E-state index in [1.807, 2.05) is 25.4 Å². The Morgan fingerprint density at radius 1 is 1.29 bits per heavy atom. The third-order valence-electron chi connectivity index (χ3n) is 4.55. The van der Waals surface area contributed by atoms with Crippen molar-refractivity contribution in [3.05, 3.63) is 47.8 Å². The molecule has 0 fully saturated rings. The third kappa shape index (κ3) is 2.91. The van der Waals surface area contributed by atoms with Crippen molar-refractivity contribution in [1.29, 1.82) is 0 Å². The van der Waals surface area contributed by atoms with Crippen LogP contribution in [0.3, 0.4) is 0 Å². The lowest BCUT2D eigenvalue weighted by Crippen LogP contribution is -2.31. The van der Waals surface area contributed by atoms with Crippen molar-refractivity contribution < 1.29 is 0 Å². The second kappa shape index (κ2) is 6.46. The molecule has 0 aliphatic rings. The van der Waals surface area contributed by atoms with Crippen molar-refractivity contribution in [3.8, 4) is 23.0 Å². The van der Waals surface area contributed by atoms with Gasteiger partial charge in [-0.25, -0.2) is 4.98 Å². The maximum absolute atomic E-state index is 6.10. The predicted octanol–water partition coefficient (Wildman–Crippen LogP) is 3.56. The quantitative estimate of drug-likeness (QED) is 0.723. The Morgan fingerprint density at radius 2 is 2.12 bits per heavy atom. The molecule has 3 aromatic rings. The largest absolute Gasteiger partial charge is 0.330 e. The summed E-state index contributed by atoms with van der Waals surface area (Å²) in [6.45, 7) is 6.71. The molecule has 1 aromatic carbocycles. The Morgan fingerprint density at radius 3 is 2.88 bits per heavy atom. The van der Waals surface area contributed by atoms with E-state index in [4.69, 9.17) is 5.73 Å². The molecule has 3 N–H and O–H groups in total. The first kappa shape index (κ1) is 16.2. The number of aryl methyl sites for hydroxylation is 1. The Labute approximate surface area is 142 Å². The minimum absolute atomic E-state index is 0.160. The van der Waals surface area contributed by atoms with Gasteiger partial charge in [-0.2, -0.15) is 5.10 Å². The van der Waals surface area contributed by atoms with E-state index in [0.717, 1.165) is 28.6 Å².